The molecule has 0 spiro atoms. The van der Waals surface area contributed by atoms with Crippen molar-refractivity contribution in [3.8, 4) is 0 Å². The van der Waals surface area contributed by atoms with Crippen molar-refractivity contribution in [2.45, 2.75) is 13.0 Å². The van der Waals surface area contributed by atoms with Crippen LogP contribution in [0.5, 0.6) is 0 Å². The lowest BCUT2D eigenvalue weighted by Gasteiger charge is -1.96. The number of anilines is 1. The van der Waals surface area contributed by atoms with Gasteiger partial charge in [-0.1, -0.05) is 10.3 Å². The minimum atomic E-state index is 0.397. The van der Waals surface area contributed by atoms with Crippen LogP contribution >= 0.6 is 0 Å². The molecule has 8 heteroatoms. The zero-order valence-corrected chi connectivity index (χ0v) is 8.80. The van der Waals surface area contributed by atoms with Crippen LogP contribution in [0.25, 0.3) is 0 Å². The van der Waals surface area contributed by atoms with E-state index in [-0.39, 0.29) is 0 Å². The number of nitrogens with zero attached hydrogens (tertiary/aromatic N) is 4. The second-order valence-electron chi connectivity index (χ2n) is 3.06. The summed E-state index contributed by atoms with van der Waals surface area (Å²) < 4.78 is 9.89. The quantitative estimate of drug-likeness (QED) is 0.697. The van der Waals surface area contributed by atoms with Crippen LogP contribution in [0, 0.1) is 0 Å². The van der Waals surface area contributed by atoms with E-state index in [1.54, 1.807) is 0 Å². The average Bonchev–Trinajstić information content (AvgIpc) is 2.90. The molecule has 2 N–H and O–H groups in total. The molecule has 2 aromatic heterocycles. The molecule has 86 valence electrons. The summed E-state index contributed by atoms with van der Waals surface area (Å²) in [5, 5.41) is 17.2. The monoisotopic (exact) mass is 224 g/mol. The summed E-state index contributed by atoms with van der Waals surface area (Å²) in [7, 11) is 1.81. The van der Waals surface area contributed by atoms with Crippen LogP contribution < -0.4 is 10.6 Å². The molecule has 0 aliphatic heterocycles. The smallest absolute Gasteiger partial charge is 0.315 e. The molecule has 2 rings (SSSR count). The predicted molar refractivity (Wildman–Crippen MR) is 53.6 cm³/mol. The van der Waals surface area contributed by atoms with E-state index in [1.165, 1.54) is 6.39 Å². The molecule has 0 atom stereocenters. The summed E-state index contributed by atoms with van der Waals surface area (Å²) in [6.45, 7) is 1.17. The summed E-state index contributed by atoms with van der Waals surface area (Å²) in [5.41, 5.74) is 0. The van der Waals surface area contributed by atoms with Crippen molar-refractivity contribution in [2.75, 3.05) is 18.9 Å². The van der Waals surface area contributed by atoms with Gasteiger partial charge in [0.05, 0.1) is 6.54 Å². The molecule has 2 aromatic rings. The molecule has 0 bridgehead atoms. The molecule has 0 radical (unpaired) electrons. The summed E-state index contributed by atoms with van der Waals surface area (Å²) in [6.07, 6.45) is 1.94. The van der Waals surface area contributed by atoms with Gasteiger partial charge in [-0.15, -0.1) is 5.10 Å². The van der Waals surface area contributed by atoms with E-state index < -0.39 is 0 Å². The molecule has 0 saturated carbocycles. The first-order chi connectivity index (χ1) is 7.88. The van der Waals surface area contributed by atoms with Gasteiger partial charge >= 0.3 is 6.01 Å². The van der Waals surface area contributed by atoms with Crippen LogP contribution in [0.3, 0.4) is 0 Å². The van der Waals surface area contributed by atoms with Gasteiger partial charge in [0, 0.05) is 13.0 Å². The van der Waals surface area contributed by atoms with E-state index in [0.717, 1.165) is 0 Å². The Balaban J connectivity index is 1.76. The lowest BCUT2D eigenvalue weighted by atomic mass is 10.4. The van der Waals surface area contributed by atoms with Gasteiger partial charge in [0.15, 0.2) is 5.82 Å². The normalized spacial score (nSPS) is 10.6. The van der Waals surface area contributed by atoms with E-state index in [2.05, 4.69) is 35.5 Å². The fourth-order valence-electron chi connectivity index (χ4n) is 1.13. The molecular weight excluding hydrogens is 212 g/mol. The third kappa shape index (κ3) is 2.76. The highest BCUT2D eigenvalue weighted by atomic mass is 16.5. The van der Waals surface area contributed by atoms with Crippen molar-refractivity contribution in [2.24, 2.45) is 0 Å². The van der Waals surface area contributed by atoms with E-state index >= 15 is 0 Å². The van der Waals surface area contributed by atoms with E-state index in [1.807, 2.05) is 7.05 Å². The van der Waals surface area contributed by atoms with Gasteiger partial charge in [-0.3, -0.25) is 0 Å². The van der Waals surface area contributed by atoms with E-state index in [9.17, 15) is 0 Å². The molecule has 0 aromatic carbocycles. The number of rotatable bonds is 6. The van der Waals surface area contributed by atoms with Gasteiger partial charge in [0.25, 0.3) is 0 Å². The minimum Gasteiger partial charge on any atom is -0.407 e. The Morgan fingerprint density at radius 1 is 1.38 bits per heavy atom. The van der Waals surface area contributed by atoms with Crippen molar-refractivity contribution in [1.29, 1.82) is 0 Å². The first kappa shape index (κ1) is 10.6. The largest absolute Gasteiger partial charge is 0.407 e. The van der Waals surface area contributed by atoms with Crippen molar-refractivity contribution in [1.82, 2.24) is 25.7 Å². The Morgan fingerprint density at radius 3 is 3.06 bits per heavy atom. The van der Waals surface area contributed by atoms with E-state index in [0.29, 0.717) is 37.2 Å². The Morgan fingerprint density at radius 2 is 2.31 bits per heavy atom. The summed E-state index contributed by atoms with van der Waals surface area (Å²) in [6, 6.07) is 0.397. The number of hydrogen-bond acceptors (Lipinski definition) is 8. The van der Waals surface area contributed by atoms with Crippen LogP contribution in [-0.2, 0) is 13.0 Å². The molecular formula is C8H12N6O2. The van der Waals surface area contributed by atoms with Gasteiger partial charge in [-0.25, -0.2) is 0 Å². The van der Waals surface area contributed by atoms with Crippen LogP contribution in [-0.4, -0.2) is 33.9 Å². The standard InChI is InChI=1S/C8H12N6O2/c1-9-4-7-12-13-8(16-7)10-3-2-6-11-5-15-14-6/h5,9H,2-4H2,1H3,(H,10,13). The Bertz CT molecular complexity index is 412. The summed E-state index contributed by atoms with van der Waals surface area (Å²) >= 11 is 0. The highest BCUT2D eigenvalue weighted by Crippen LogP contribution is 2.04. The molecule has 0 aliphatic carbocycles. The zero-order chi connectivity index (χ0) is 11.2. The van der Waals surface area contributed by atoms with E-state index in [4.69, 9.17) is 4.42 Å². The number of nitrogens with one attached hydrogen (secondary N) is 2. The first-order valence-electron chi connectivity index (χ1n) is 4.84. The maximum Gasteiger partial charge on any atom is 0.315 e. The third-order valence-electron chi connectivity index (χ3n) is 1.83. The van der Waals surface area contributed by atoms with Crippen LogP contribution in [0.4, 0.5) is 6.01 Å². The van der Waals surface area contributed by atoms with Gasteiger partial charge in [-0.2, -0.15) is 4.98 Å². The highest BCUT2D eigenvalue weighted by Gasteiger charge is 2.04. The SMILES string of the molecule is CNCc1nnc(NCCc2ncon2)o1. The van der Waals surface area contributed by atoms with Crippen molar-refractivity contribution < 1.29 is 8.94 Å². The zero-order valence-electron chi connectivity index (χ0n) is 8.80. The van der Waals surface area contributed by atoms with Crippen molar-refractivity contribution >= 4 is 6.01 Å². The average molecular weight is 224 g/mol. The first-order valence-corrected chi connectivity index (χ1v) is 4.84. The molecule has 8 nitrogen and oxygen atoms in total. The van der Waals surface area contributed by atoms with Gasteiger partial charge in [-0.05, 0) is 7.05 Å². The van der Waals surface area contributed by atoms with Crippen LogP contribution in [0.15, 0.2) is 15.3 Å². The summed E-state index contributed by atoms with van der Waals surface area (Å²) in [4.78, 5) is 3.89. The Labute approximate surface area is 91.4 Å². The number of aromatic nitrogens is 4. The minimum absolute atomic E-state index is 0.397. The maximum atomic E-state index is 5.28. The molecule has 0 unspecified atom stereocenters. The lowest BCUT2D eigenvalue weighted by Crippen LogP contribution is -2.06. The van der Waals surface area contributed by atoms with Gasteiger partial charge in [0.2, 0.25) is 12.3 Å². The lowest BCUT2D eigenvalue weighted by molar-refractivity contribution is 0.410. The predicted octanol–water partition coefficient (Wildman–Crippen LogP) is -0.173. The molecule has 0 amide bonds. The highest BCUT2D eigenvalue weighted by molar-refractivity contribution is 5.16. The van der Waals surface area contributed by atoms with Gasteiger partial charge < -0.3 is 19.6 Å². The third-order valence-corrected chi connectivity index (χ3v) is 1.83. The Kier molecular flexibility index (Phi) is 3.44. The fraction of sp³-hybridized carbons (Fsp3) is 0.500. The molecule has 0 saturated heterocycles. The molecule has 0 aliphatic rings. The topological polar surface area (TPSA) is 102 Å². The molecule has 16 heavy (non-hydrogen) atoms. The summed E-state index contributed by atoms with van der Waals surface area (Å²) in [5.74, 6) is 1.19. The maximum absolute atomic E-state index is 5.28. The van der Waals surface area contributed by atoms with Crippen molar-refractivity contribution in [3.63, 3.8) is 0 Å². The second kappa shape index (κ2) is 5.21. The second-order valence-corrected chi connectivity index (χ2v) is 3.06. The Hall–Kier alpha value is -1.96. The fourth-order valence-corrected chi connectivity index (χ4v) is 1.13. The molecule has 2 heterocycles. The van der Waals surface area contributed by atoms with Crippen LogP contribution in [0.1, 0.15) is 11.7 Å². The number of hydrogen-bond donors (Lipinski definition) is 2. The van der Waals surface area contributed by atoms with Crippen LogP contribution in [0.2, 0.25) is 0 Å². The van der Waals surface area contributed by atoms with Crippen molar-refractivity contribution in [3.05, 3.63) is 18.1 Å². The van der Waals surface area contributed by atoms with Gasteiger partial charge in [0.1, 0.15) is 0 Å². The molecule has 0 fully saturated rings.